The van der Waals surface area contributed by atoms with Crippen LogP contribution in [0.3, 0.4) is 0 Å². The molecule has 0 saturated heterocycles. The van der Waals surface area contributed by atoms with Crippen molar-refractivity contribution >= 4 is 5.91 Å². The van der Waals surface area contributed by atoms with Gasteiger partial charge in [0, 0.05) is 19.3 Å². The second-order valence-electron chi connectivity index (χ2n) is 5.97. The Morgan fingerprint density at radius 2 is 1.87 bits per heavy atom. The van der Waals surface area contributed by atoms with E-state index in [0.29, 0.717) is 0 Å². The fraction of sp³-hybridized carbons (Fsp3) is 0.353. The van der Waals surface area contributed by atoms with Crippen molar-refractivity contribution in [1.82, 2.24) is 14.5 Å². The molecule has 23 heavy (non-hydrogen) atoms. The Kier molecular flexibility index (Phi) is 3.90. The van der Waals surface area contributed by atoms with Gasteiger partial charge in [-0.15, -0.1) is 0 Å². The lowest BCUT2D eigenvalue weighted by atomic mass is 9.72. The van der Waals surface area contributed by atoms with Gasteiger partial charge in [0.15, 0.2) is 0 Å². The van der Waals surface area contributed by atoms with Gasteiger partial charge in [0.1, 0.15) is 6.54 Å². The molecule has 3 rings (SSSR count). The number of rotatable bonds is 4. The monoisotopic (exact) mass is 313 g/mol. The highest BCUT2D eigenvalue weighted by molar-refractivity contribution is 5.77. The molecular formula is C17H19N3O3. The minimum Gasteiger partial charge on any atom is -0.345 e. The van der Waals surface area contributed by atoms with E-state index in [1.54, 1.807) is 0 Å². The molecule has 1 N–H and O–H groups in total. The van der Waals surface area contributed by atoms with Crippen molar-refractivity contribution in [2.24, 2.45) is 7.05 Å². The largest absolute Gasteiger partial charge is 0.345 e. The van der Waals surface area contributed by atoms with Crippen LogP contribution in [0.25, 0.3) is 0 Å². The van der Waals surface area contributed by atoms with E-state index in [-0.39, 0.29) is 23.6 Å². The van der Waals surface area contributed by atoms with Crippen LogP contribution in [0, 0.1) is 0 Å². The maximum Gasteiger partial charge on any atom is 0.331 e. The van der Waals surface area contributed by atoms with Crippen LogP contribution in [0.15, 0.2) is 52.2 Å². The van der Waals surface area contributed by atoms with E-state index >= 15 is 0 Å². The number of hydrogen-bond donors (Lipinski definition) is 1. The van der Waals surface area contributed by atoms with E-state index in [1.807, 2.05) is 30.3 Å². The quantitative estimate of drug-likeness (QED) is 0.905. The molecule has 120 valence electrons. The van der Waals surface area contributed by atoms with Crippen molar-refractivity contribution in [3.63, 3.8) is 0 Å². The number of aromatic nitrogens is 2. The highest BCUT2D eigenvalue weighted by atomic mass is 16.2. The fourth-order valence-electron chi connectivity index (χ4n) is 2.97. The molecule has 6 nitrogen and oxygen atoms in total. The molecule has 1 fully saturated rings. The zero-order chi connectivity index (χ0) is 16.4. The van der Waals surface area contributed by atoms with Gasteiger partial charge in [0.2, 0.25) is 5.91 Å². The Labute approximate surface area is 133 Å². The second-order valence-corrected chi connectivity index (χ2v) is 5.97. The van der Waals surface area contributed by atoms with Gasteiger partial charge in [-0.05, 0) is 24.8 Å². The SMILES string of the molecule is Cn1c(=O)ccn(CC(=O)NC2(c3ccccc3)CCC2)c1=O. The Morgan fingerprint density at radius 3 is 2.48 bits per heavy atom. The van der Waals surface area contributed by atoms with Crippen LogP contribution in [0.1, 0.15) is 24.8 Å². The third-order valence-electron chi connectivity index (χ3n) is 4.49. The van der Waals surface area contributed by atoms with Crippen molar-refractivity contribution in [3.05, 3.63) is 69.0 Å². The van der Waals surface area contributed by atoms with Crippen LogP contribution >= 0.6 is 0 Å². The van der Waals surface area contributed by atoms with Gasteiger partial charge in [-0.2, -0.15) is 0 Å². The van der Waals surface area contributed by atoms with Crippen molar-refractivity contribution in [1.29, 1.82) is 0 Å². The zero-order valence-corrected chi connectivity index (χ0v) is 13.0. The molecule has 1 heterocycles. The summed E-state index contributed by atoms with van der Waals surface area (Å²) in [4.78, 5) is 35.8. The van der Waals surface area contributed by atoms with Crippen LogP contribution in [-0.2, 0) is 23.9 Å². The van der Waals surface area contributed by atoms with E-state index in [1.165, 1.54) is 23.9 Å². The molecule has 0 unspecified atom stereocenters. The fourth-order valence-corrected chi connectivity index (χ4v) is 2.97. The first-order chi connectivity index (χ1) is 11.0. The molecule has 1 aromatic heterocycles. The number of amides is 1. The minimum atomic E-state index is -0.491. The summed E-state index contributed by atoms with van der Waals surface area (Å²) in [5.74, 6) is -0.227. The molecule has 1 aromatic carbocycles. The molecule has 0 spiro atoms. The molecule has 0 radical (unpaired) electrons. The summed E-state index contributed by atoms with van der Waals surface area (Å²) in [7, 11) is 1.40. The first kappa shape index (κ1) is 15.3. The van der Waals surface area contributed by atoms with Crippen LogP contribution in [0.4, 0.5) is 0 Å². The average Bonchev–Trinajstić information content (AvgIpc) is 2.52. The van der Waals surface area contributed by atoms with Gasteiger partial charge < -0.3 is 5.32 Å². The minimum absolute atomic E-state index is 0.0957. The summed E-state index contributed by atoms with van der Waals surface area (Å²) < 4.78 is 2.23. The van der Waals surface area contributed by atoms with Gasteiger partial charge in [0.25, 0.3) is 5.56 Å². The van der Waals surface area contributed by atoms with Gasteiger partial charge in [-0.1, -0.05) is 30.3 Å². The number of nitrogens with zero attached hydrogens (tertiary/aromatic N) is 2. The molecule has 1 aliphatic carbocycles. The first-order valence-corrected chi connectivity index (χ1v) is 7.65. The van der Waals surface area contributed by atoms with Crippen LogP contribution in [0.5, 0.6) is 0 Å². The van der Waals surface area contributed by atoms with Crippen molar-refractivity contribution in [3.8, 4) is 0 Å². The Hall–Kier alpha value is -2.63. The summed E-state index contributed by atoms with van der Waals surface area (Å²) in [6.07, 6.45) is 4.21. The maximum atomic E-state index is 12.4. The lowest BCUT2D eigenvalue weighted by molar-refractivity contribution is -0.125. The van der Waals surface area contributed by atoms with Crippen LogP contribution in [-0.4, -0.2) is 15.0 Å². The average molecular weight is 313 g/mol. The molecule has 6 heteroatoms. The number of hydrogen-bond acceptors (Lipinski definition) is 3. The molecular weight excluding hydrogens is 294 g/mol. The predicted octanol–water partition coefficient (Wildman–Crippen LogP) is 0.743. The highest BCUT2D eigenvalue weighted by Gasteiger charge is 2.39. The number of carbonyl (C=O) groups excluding carboxylic acids is 1. The lowest BCUT2D eigenvalue weighted by Gasteiger charge is -2.43. The number of nitrogens with one attached hydrogen (secondary N) is 1. The Balaban J connectivity index is 1.78. The standard InChI is InChI=1S/C17H19N3O3/c1-19-15(22)8-11-20(16(19)23)12-14(21)18-17(9-5-10-17)13-6-3-2-4-7-13/h2-4,6-8,11H,5,9-10,12H2,1H3,(H,18,21). The molecule has 0 atom stereocenters. The van der Waals surface area contributed by atoms with Gasteiger partial charge in [-0.25, -0.2) is 4.79 Å². The van der Waals surface area contributed by atoms with Gasteiger partial charge >= 0.3 is 5.69 Å². The van der Waals surface area contributed by atoms with Crippen molar-refractivity contribution in [2.75, 3.05) is 0 Å². The lowest BCUT2D eigenvalue weighted by Crippen LogP contribution is -2.52. The van der Waals surface area contributed by atoms with Crippen LogP contribution in [0.2, 0.25) is 0 Å². The van der Waals surface area contributed by atoms with E-state index in [2.05, 4.69) is 5.32 Å². The summed E-state index contributed by atoms with van der Waals surface area (Å²) >= 11 is 0. The van der Waals surface area contributed by atoms with Crippen LogP contribution < -0.4 is 16.6 Å². The molecule has 1 saturated carbocycles. The summed E-state index contributed by atoms with van der Waals surface area (Å²) in [6.45, 7) is -0.0957. The van der Waals surface area contributed by atoms with E-state index in [9.17, 15) is 14.4 Å². The Bertz CT molecular complexity index is 832. The third-order valence-corrected chi connectivity index (χ3v) is 4.49. The molecule has 0 bridgehead atoms. The molecule has 1 aliphatic rings. The smallest absolute Gasteiger partial charge is 0.331 e. The van der Waals surface area contributed by atoms with Gasteiger partial charge in [0.05, 0.1) is 5.54 Å². The van der Waals surface area contributed by atoms with Gasteiger partial charge in [-0.3, -0.25) is 18.7 Å². The maximum absolute atomic E-state index is 12.4. The Morgan fingerprint density at radius 1 is 1.17 bits per heavy atom. The second kappa shape index (κ2) is 5.87. The molecule has 0 aliphatic heterocycles. The van der Waals surface area contributed by atoms with Crippen molar-refractivity contribution in [2.45, 2.75) is 31.3 Å². The first-order valence-electron chi connectivity index (χ1n) is 7.65. The summed E-state index contributed by atoms with van der Waals surface area (Å²) in [5, 5.41) is 3.07. The third kappa shape index (κ3) is 2.84. The highest BCUT2D eigenvalue weighted by Crippen LogP contribution is 2.41. The summed E-state index contributed by atoms with van der Waals surface area (Å²) in [6, 6.07) is 11.2. The predicted molar refractivity (Wildman–Crippen MR) is 86.1 cm³/mol. The zero-order valence-electron chi connectivity index (χ0n) is 13.0. The van der Waals surface area contributed by atoms with E-state index in [0.717, 1.165) is 29.4 Å². The molecule has 1 amide bonds. The summed E-state index contributed by atoms with van der Waals surface area (Å²) in [5.41, 5.74) is -0.114. The number of carbonyl (C=O) groups is 1. The normalized spacial score (nSPS) is 15.7. The van der Waals surface area contributed by atoms with E-state index in [4.69, 9.17) is 0 Å². The van der Waals surface area contributed by atoms with Crippen molar-refractivity contribution < 1.29 is 4.79 Å². The topological polar surface area (TPSA) is 73.1 Å². The molecule has 2 aromatic rings. The van der Waals surface area contributed by atoms with E-state index < -0.39 is 5.69 Å². The number of benzene rings is 1.